The van der Waals surface area contributed by atoms with Crippen molar-refractivity contribution in [2.24, 2.45) is 0 Å². The van der Waals surface area contributed by atoms with E-state index in [0.717, 1.165) is 24.3 Å². The van der Waals surface area contributed by atoms with E-state index in [9.17, 15) is 25.9 Å². The van der Waals surface area contributed by atoms with Crippen molar-refractivity contribution in [3.05, 3.63) is 35.4 Å². The van der Waals surface area contributed by atoms with Crippen molar-refractivity contribution in [1.29, 1.82) is 10.5 Å². The molecule has 0 radical (unpaired) electrons. The Kier molecular flexibility index (Phi) is 3.64. The van der Waals surface area contributed by atoms with E-state index in [-0.39, 0.29) is 11.1 Å². The molecule has 0 atom stereocenters. The largest absolute Gasteiger partial charge is 0.744 e. The maximum Gasteiger partial charge on any atom is 0.125 e. The molecule has 2 rings (SSSR count). The van der Waals surface area contributed by atoms with Crippen molar-refractivity contribution in [3.63, 3.8) is 0 Å². The fourth-order valence-electron chi connectivity index (χ4n) is 2.04. The van der Waals surface area contributed by atoms with Crippen LogP contribution in [0.4, 0.5) is 0 Å². The number of nitriles is 2. The quantitative estimate of drug-likeness (QED) is 0.711. The highest BCUT2D eigenvalue weighted by atomic mass is 32.2. The van der Waals surface area contributed by atoms with Gasteiger partial charge in [-0.05, 0) is 24.3 Å². The van der Waals surface area contributed by atoms with Crippen LogP contribution in [0, 0.1) is 22.7 Å². The second-order valence-electron chi connectivity index (χ2n) is 4.10. The van der Waals surface area contributed by atoms with E-state index < -0.39 is 40.8 Å². The van der Waals surface area contributed by atoms with Crippen molar-refractivity contribution >= 4 is 31.0 Å². The third-order valence-corrected chi connectivity index (χ3v) is 4.62. The van der Waals surface area contributed by atoms with Crippen LogP contribution >= 0.6 is 0 Å². The first-order chi connectivity index (χ1) is 10.1. The number of fused-ring (bicyclic) bond motifs is 1. The molecule has 0 aromatic heterocycles. The molecule has 10 heteroatoms. The Morgan fingerprint density at radius 3 is 1.27 bits per heavy atom. The van der Waals surface area contributed by atoms with Gasteiger partial charge >= 0.3 is 0 Å². The number of rotatable bonds is 2. The summed E-state index contributed by atoms with van der Waals surface area (Å²) in [6.45, 7) is 0. The maximum absolute atomic E-state index is 11.3. The number of benzene rings is 2. The van der Waals surface area contributed by atoms with Crippen LogP contribution in [0.3, 0.4) is 0 Å². The lowest BCUT2D eigenvalue weighted by Crippen LogP contribution is -2.06. The summed E-state index contributed by atoms with van der Waals surface area (Å²) >= 11 is 0. The second kappa shape index (κ2) is 5.05. The van der Waals surface area contributed by atoms with Gasteiger partial charge in [-0.3, -0.25) is 0 Å². The molecule has 0 unspecified atom stereocenters. The lowest BCUT2D eigenvalue weighted by Gasteiger charge is -2.17. The fourth-order valence-corrected chi connectivity index (χ4v) is 3.43. The molecule has 0 N–H and O–H groups in total. The molecule has 0 fully saturated rings. The Hall–Kier alpha value is -2.50. The molecule has 0 aliphatic rings. The van der Waals surface area contributed by atoms with Gasteiger partial charge in [-0.2, -0.15) is 10.5 Å². The molecule has 8 nitrogen and oxygen atoms in total. The van der Waals surface area contributed by atoms with Gasteiger partial charge in [-0.15, -0.1) is 0 Å². The summed E-state index contributed by atoms with van der Waals surface area (Å²) in [7, 11) is -10.1. The van der Waals surface area contributed by atoms with E-state index in [0.29, 0.717) is 0 Å². The molecular weight excluding hydrogens is 332 g/mol. The highest BCUT2D eigenvalue weighted by molar-refractivity contribution is 7.86. The molecule has 0 aliphatic heterocycles. The van der Waals surface area contributed by atoms with Crippen LogP contribution in [-0.4, -0.2) is 25.9 Å². The molecule has 0 bridgehead atoms. The zero-order chi connectivity index (χ0) is 16.7. The van der Waals surface area contributed by atoms with E-state index in [1.807, 2.05) is 0 Å². The highest BCUT2D eigenvalue weighted by Crippen LogP contribution is 2.33. The Balaban J connectivity index is 3.30. The van der Waals surface area contributed by atoms with Crippen LogP contribution < -0.4 is 0 Å². The number of nitrogens with zero attached hydrogens (tertiary/aromatic N) is 2. The Morgan fingerprint density at radius 2 is 1.05 bits per heavy atom. The van der Waals surface area contributed by atoms with Crippen LogP contribution in [-0.2, 0) is 20.2 Å². The predicted molar refractivity (Wildman–Crippen MR) is 69.3 cm³/mol. The van der Waals surface area contributed by atoms with Crippen molar-refractivity contribution in [2.45, 2.75) is 9.79 Å². The Morgan fingerprint density at radius 1 is 0.727 bits per heavy atom. The molecule has 2 aromatic carbocycles. The summed E-state index contributed by atoms with van der Waals surface area (Å²) in [5.74, 6) is 0. The van der Waals surface area contributed by atoms with E-state index in [1.54, 1.807) is 12.1 Å². The van der Waals surface area contributed by atoms with Crippen LogP contribution in [0.1, 0.15) is 11.1 Å². The predicted octanol–water partition coefficient (Wildman–Crippen LogP) is 0.391. The fraction of sp³-hybridized carbons (Fsp3) is 0. The summed E-state index contributed by atoms with van der Waals surface area (Å²) in [4.78, 5) is -1.74. The molecule has 0 heterocycles. The number of hydrogen-bond donors (Lipinski definition) is 0. The van der Waals surface area contributed by atoms with Crippen LogP contribution in [0.25, 0.3) is 10.8 Å². The zero-order valence-electron chi connectivity index (χ0n) is 10.5. The van der Waals surface area contributed by atoms with Crippen molar-refractivity contribution in [2.75, 3.05) is 0 Å². The Labute approximate surface area is 125 Å². The Bertz CT molecular complexity index is 1000. The summed E-state index contributed by atoms with van der Waals surface area (Å²) in [6.07, 6.45) is 0. The molecule has 0 amide bonds. The van der Waals surface area contributed by atoms with Gasteiger partial charge in [0.05, 0.1) is 33.1 Å². The van der Waals surface area contributed by atoms with Crippen molar-refractivity contribution in [3.8, 4) is 12.1 Å². The third kappa shape index (κ3) is 2.52. The molecule has 0 saturated carbocycles. The monoisotopic (exact) mass is 336 g/mol. The molecule has 0 saturated heterocycles. The third-order valence-electron chi connectivity index (χ3n) is 2.86. The topological polar surface area (TPSA) is 162 Å². The van der Waals surface area contributed by atoms with E-state index >= 15 is 0 Å². The van der Waals surface area contributed by atoms with Gasteiger partial charge in [0.15, 0.2) is 0 Å². The average Bonchev–Trinajstić information content (AvgIpc) is 2.42. The lowest BCUT2D eigenvalue weighted by molar-refractivity contribution is 0.461. The minimum absolute atomic E-state index is 0.339. The van der Waals surface area contributed by atoms with Gasteiger partial charge in [-0.25, -0.2) is 16.8 Å². The summed E-state index contributed by atoms with van der Waals surface area (Å²) < 4.78 is 67.8. The molecule has 2 aromatic rings. The van der Waals surface area contributed by atoms with Gasteiger partial charge in [0.25, 0.3) is 0 Å². The van der Waals surface area contributed by atoms with Gasteiger partial charge in [0, 0.05) is 10.8 Å². The van der Waals surface area contributed by atoms with Gasteiger partial charge in [-0.1, -0.05) is 0 Å². The molecule has 0 aliphatic carbocycles. The second-order valence-corrected chi connectivity index (χ2v) is 6.80. The minimum atomic E-state index is -5.06. The molecular formula is C12H4N2O6S2-2. The lowest BCUT2D eigenvalue weighted by atomic mass is 10.0. The van der Waals surface area contributed by atoms with Gasteiger partial charge < -0.3 is 9.11 Å². The smallest absolute Gasteiger partial charge is 0.125 e. The first-order valence-corrected chi connectivity index (χ1v) is 8.24. The van der Waals surface area contributed by atoms with E-state index in [4.69, 9.17) is 10.5 Å². The normalized spacial score (nSPS) is 11.8. The summed E-state index contributed by atoms with van der Waals surface area (Å²) in [5, 5.41) is 17.0. The van der Waals surface area contributed by atoms with E-state index in [2.05, 4.69) is 0 Å². The van der Waals surface area contributed by atoms with Gasteiger partial charge in [0.2, 0.25) is 0 Å². The average molecular weight is 336 g/mol. The SMILES string of the molecule is N#Cc1ccc(S(=O)(=O)[O-])c2c(C#N)ccc(S(=O)(=O)[O-])c12. The van der Waals surface area contributed by atoms with Crippen LogP contribution in [0.5, 0.6) is 0 Å². The molecule has 112 valence electrons. The minimum Gasteiger partial charge on any atom is -0.744 e. The van der Waals surface area contributed by atoms with Crippen LogP contribution in [0.15, 0.2) is 34.1 Å². The summed E-state index contributed by atoms with van der Waals surface area (Å²) in [6, 6.07) is 6.61. The highest BCUT2D eigenvalue weighted by Gasteiger charge is 2.19. The van der Waals surface area contributed by atoms with Crippen LogP contribution in [0.2, 0.25) is 0 Å². The maximum atomic E-state index is 11.3. The van der Waals surface area contributed by atoms with E-state index in [1.165, 1.54) is 0 Å². The zero-order valence-corrected chi connectivity index (χ0v) is 12.1. The first-order valence-electron chi connectivity index (χ1n) is 5.43. The summed E-state index contributed by atoms with van der Waals surface area (Å²) in [5.41, 5.74) is -0.678. The molecule has 22 heavy (non-hydrogen) atoms. The number of hydrogen-bond acceptors (Lipinski definition) is 8. The van der Waals surface area contributed by atoms with Gasteiger partial charge in [0.1, 0.15) is 20.2 Å². The van der Waals surface area contributed by atoms with Crippen molar-refractivity contribution < 1.29 is 25.9 Å². The standard InChI is InChI=1S/C12H6N2O6S2/c13-5-7-1-3-9(21(15,16)17)12-8(6-14)2-4-10(11(7)12)22(18,19)20/h1-4H,(H,15,16,17)(H,18,19,20)/p-2. The van der Waals surface area contributed by atoms with Crippen molar-refractivity contribution in [1.82, 2.24) is 0 Å². The first kappa shape index (κ1) is 15.9. The molecule has 0 spiro atoms.